The van der Waals surface area contributed by atoms with Crippen LogP contribution in [-0.4, -0.2) is 0 Å². The van der Waals surface area contributed by atoms with Crippen LogP contribution in [0.4, 0.5) is 0 Å². The van der Waals surface area contributed by atoms with Gasteiger partial charge in [0.1, 0.15) is 0 Å². The summed E-state index contributed by atoms with van der Waals surface area (Å²) in [5.74, 6) is 0.729. The molecule has 0 aromatic rings. The van der Waals surface area contributed by atoms with E-state index in [1.165, 1.54) is 6.42 Å². The van der Waals surface area contributed by atoms with Gasteiger partial charge in [0, 0.05) is 0 Å². The van der Waals surface area contributed by atoms with Crippen LogP contribution < -0.4 is 0 Å². The molecule has 12 heavy (non-hydrogen) atoms. The van der Waals surface area contributed by atoms with Crippen LogP contribution in [0.5, 0.6) is 0 Å². The maximum Gasteiger partial charge on any atom is -0.0323 e. The van der Waals surface area contributed by atoms with Crippen molar-refractivity contribution >= 4 is 0 Å². The Morgan fingerprint density at radius 1 is 1.08 bits per heavy atom. The van der Waals surface area contributed by atoms with Gasteiger partial charge in [-0.15, -0.1) is 0 Å². The fourth-order valence-electron chi connectivity index (χ4n) is 1.58. The third-order valence-corrected chi connectivity index (χ3v) is 3.90. The predicted octanol–water partition coefficient (Wildman–Crippen LogP) is 4.31. The second-order valence-electron chi connectivity index (χ2n) is 5.30. The van der Waals surface area contributed by atoms with Crippen molar-refractivity contribution in [1.29, 1.82) is 0 Å². The van der Waals surface area contributed by atoms with Crippen LogP contribution in [-0.2, 0) is 0 Å². The lowest BCUT2D eigenvalue weighted by Gasteiger charge is -2.42. The molecule has 1 atom stereocenters. The lowest BCUT2D eigenvalue weighted by atomic mass is 9.64. The van der Waals surface area contributed by atoms with Gasteiger partial charge in [-0.2, -0.15) is 0 Å². The van der Waals surface area contributed by atoms with E-state index in [9.17, 15) is 0 Å². The summed E-state index contributed by atoms with van der Waals surface area (Å²) in [7, 11) is 0. The summed E-state index contributed by atoms with van der Waals surface area (Å²) >= 11 is 0. The summed E-state index contributed by atoms with van der Waals surface area (Å²) in [6.45, 7) is 18.0. The highest BCUT2D eigenvalue weighted by atomic mass is 14.4. The second kappa shape index (κ2) is 3.81. The number of hydrogen-bond donors (Lipinski definition) is 0. The van der Waals surface area contributed by atoms with E-state index in [1.54, 1.807) is 0 Å². The standard InChI is InChI=1S/C12H25/c1-8-11(4,5)10(3)12(6,7)9-2/h10H,1,8-9H2,2-7H3. The van der Waals surface area contributed by atoms with Crippen LogP contribution in [0, 0.1) is 23.7 Å². The van der Waals surface area contributed by atoms with Crippen molar-refractivity contribution in [3.8, 4) is 0 Å². The van der Waals surface area contributed by atoms with E-state index in [-0.39, 0.29) is 0 Å². The van der Waals surface area contributed by atoms with Crippen LogP contribution in [0.1, 0.15) is 54.4 Å². The molecule has 0 nitrogen and oxygen atoms in total. The molecule has 0 heterocycles. The normalized spacial score (nSPS) is 14.0. The lowest BCUT2D eigenvalue weighted by molar-refractivity contribution is 0.0863. The molecule has 1 radical (unpaired) electrons. The van der Waals surface area contributed by atoms with Crippen LogP contribution >= 0.6 is 0 Å². The van der Waals surface area contributed by atoms with Gasteiger partial charge in [-0.25, -0.2) is 0 Å². The Morgan fingerprint density at radius 3 is 1.75 bits per heavy atom. The van der Waals surface area contributed by atoms with Gasteiger partial charge in [-0.05, 0) is 23.2 Å². The number of hydrogen-bond acceptors (Lipinski definition) is 0. The fourth-order valence-corrected chi connectivity index (χ4v) is 1.58. The van der Waals surface area contributed by atoms with Gasteiger partial charge in [0.15, 0.2) is 0 Å². The first-order valence-electron chi connectivity index (χ1n) is 5.07. The maximum atomic E-state index is 4.03. The van der Waals surface area contributed by atoms with Crippen molar-refractivity contribution in [3.63, 3.8) is 0 Å². The molecule has 0 aromatic heterocycles. The van der Waals surface area contributed by atoms with E-state index < -0.39 is 0 Å². The molecular formula is C12H25. The summed E-state index contributed by atoms with van der Waals surface area (Å²) < 4.78 is 0. The first-order chi connectivity index (χ1) is 5.28. The molecule has 0 aliphatic heterocycles. The van der Waals surface area contributed by atoms with Gasteiger partial charge in [0.2, 0.25) is 0 Å². The zero-order chi connectivity index (χ0) is 9.99. The molecule has 0 aliphatic carbocycles. The summed E-state index contributed by atoms with van der Waals surface area (Å²) in [6, 6.07) is 0. The minimum Gasteiger partial charge on any atom is -0.0649 e. The van der Waals surface area contributed by atoms with Crippen molar-refractivity contribution < 1.29 is 0 Å². The highest BCUT2D eigenvalue weighted by Crippen LogP contribution is 2.43. The zero-order valence-electron chi connectivity index (χ0n) is 9.70. The minimum absolute atomic E-state index is 0.375. The topological polar surface area (TPSA) is 0 Å². The zero-order valence-corrected chi connectivity index (χ0v) is 9.70. The molecule has 0 rings (SSSR count). The van der Waals surface area contributed by atoms with Gasteiger partial charge in [0.05, 0.1) is 0 Å². The molecule has 0 fully saturated rings. The molecule has 0 aliphatic rings. The Kier molecular flexibility index (Phi) is 3.81. The second-order valence-corrected chi connectivity index (χ2v) is 5.30. The van der Waals surface area contributed by atoms with E-state index in [2.05, 4.69) is 48.5 Å². The highest BCUT2D eigenvalue weighted by Gasteiger charge is 2.34. The summed E-state index contributed by atoms with van der Waals surface area (Å²) in [6.07, 6.45) is 2.27. The largest absolute Gasteiger partial charge is 0.0649 e. The first kappa shape index (κ1) is 12.0. The third-order valence-electron chi connectivity index (χ3n) is 3.90. The summed E-state index contributed by atoms with van der Waals surface area (Å²) in [4.78, 5) is 0. The van der Waals surface area contributed by atoms with Crippen LogP contribution in [0.15, 0.2) is 0 Å². The average Bonchev–Trinajstić information content (AvgIpc) is 2.03. The predicted molar refractivity (Wildman–Crippen MR) is 57.0 cm³/mol. The van der Waals surface area contributed by atoms with Crippen molar-refractivity contribution in [2.45, 2.75) is 54.4 Å². The van der Waals surface area contributed by atoms with E-state index in [4.69, 9.17) is 0 Å². The van der Waals surface area contributed by atoms with Crippen molar-refractivity contribution in [3.05, 3.63) is 6.92 Å². The molecule has 0 amide bonds. The van der Waals surface area contributed by atoms with Crippen molar-refractivity contribution in [1.82, 2.24) is 0 Å². The van der Waals surface area contributed by atoms with Crippen LogP contribution in [0.3, 0.4) is 0 Å². The molecule has 73 valence electrons. The third kappa shape index (κ3) is 2.50. The molecule has 0 aromatic carbocycles. The van der Waals surface area contributed by atoms with E-state index >= 15 is 0 Å². The molecule has 1 unspecified atom stereocenters. The van der Waals surface area contributed by atoms with E-state index in [1.807, 2.05) is 0 Å². The number of rotatable bonds is 4. The van der Waals surface area contributed by atoms with E-state index in [0.717, 1.165) is 12.3 Å². The lowest BCUT2D eigenvalue weighted by Crippen LogP contribution is -2.33. The smallest absolute Gasteiger partial charge is 0.0323 e. The Labute approximate surface area is 78.8 Å². The Hall–Kier alpha value is 0. The highest BCUT2D eigenvalue weighted by molar-refractivity contribution is 4.85. The van der Waals surface area contributed by atoms with Gasteiger partial charge in [0.25, 0.3) is 0 Å². The Morgan fingerprint density at radius 2 is 1.50 bits per heavy atom. The van der Waals surface area contributed by atoms with Crippen molar-refractivity contribution in [2.75, 3.05) is 0 Å². The van der Waals surface area contributed by atoms with Crippen molar-refractivity contribution in [2.24, 2.45) is 16.7 Å². The summed E-state index contributed by atoms with van der Waals surface area (Å²) in [5, 5.41) is 0. The SMILES string of the molecule is [CH2]CC(C)(C)C(C)C(C)(C)CC. The summed E-state index contributed by atoms with van der Waals surface area (Å²) in [5.41, 5.74) is 0.820. The molecule has 0 heteroatoms. The van der Waals surface area contributed by atoms with Gasteiger partial charge < -0.3 is 0 Å². The molecule has 0 saturated heterocycles. The average molecular weight is 169 g/mol. The van der Waals surface area contributed by atoms with Crippen LogP contribution in [0.25, 0.3) is 0 Å². The Bertz CT molecular complexity index is 115. The molecule has 0 N–H and O–H groups in total. The maximum absolute atomic E-state index is 4.03. The first-order valence-corrected chi connectivity index (χ1v) is 5.07. The Balaban J connectivity index is 4.47. The van der Waals surface area contributed by atoms with Crippen LogP contribution in [0.2, 0.25) is 0 Å². The van der Waals surface area contributed by atoms with Gasteiger partial charge in [-0.1, -0.05) is 54.9 Å². The quantitative estimate of drug-likeness (QED) is 0.588. The molecule has 0 bridgehead atoms. The minimum atomic E-state index is 0.375. The van der Waals surface area contributed by atoms with Gasteiger partial charge >= 0.3 is 0 Å². The molecule has 0 saturated carbocycles. The molecule has 0 spiro atoms. The molecular weight excluding hydrogens is 144 g/mol. The van der Waals surface area contributed by atoms with E-state index in [0.29, 0.717) is 10.8 Å². The van der Waals surface area contributed by atoms with Gasteiger partial charge in [-0.3, -0.25) is 0 Å². The monoisotopic (exact) mass is 169 g/mol. The fraction of sp³-hybridized carbons (Fsp3) is 0.917.